The number of amides is 2. The molecule has 0 aliphatic carbocycles. The van der Waals surface area contributed by atoms with Crippen molar-refractivity contribution in [2.45, 2.75) is 6.42 Å². The number of carbonyl (C=O) groups is 2. The van der Waals surface area contributed by atoms with E-state index in [0.29, 0.717) is 48.2 Å². The van der Waals surface area contributed by atoms with Gasteiger partial charge >= 0.3 is 0 Å². The molecule has 30 heavy (non-hydrogen) atoms. The Morgan fingerprint density at radius 3 is 2.13 bits per heavy atom. The summed E-state index contributed by atoms with van der Waals surface area (Å²) in [6.07, 6.45) is 1.81. The zero-order chi connectivity index (χ0) is 21.1. The van der Waals surface area contributed by atoms with Gasteiger partial charge in [-0.1, -0.05) is 35.3 Å². The first-order valence-corrected chi connectivity index (χ1v) is 10.1. The molecule has 0 N–H and O–H groups in total. The van der Waals surface area contributed by atoms with Gasteiger partial charge in [-0.3, -0.25) is 9.59 Å². The number of benzene rings is 2. The Bertz CT molecular complexity index is 1030. The van der Waals surface area contributed by atoms with E-state index in [0.717, 1.165) is 11.3 Å². The first-order chi connectivity index (χ1) is 14.5. The lowest BCUT2D eigenvalue weighted by Crippen LogP contribution is -2.51. The van der Waals surface area contributed by atoms with Crippen LogP contribution in [0.25, 0.3) is 5.69 Å². The second kappa shape index (κ2) is 8.81. The highest BCUT2D eigenvalue weighted by Crippen LogP contribution is 2.21. The molecular weight excluding hydrogens is 427 g/mol. The van der Waals surface area contributed by atoms with Crippen LogP contribution in [0.5, 0.6) is 0 Å². The summed E-state index contributed by atoms with van der Waals surface area (Å²) in [6.45, 7) is 1.91. The number of nitrogens with zero attached hydrogens (tertiary/aromatic N) is 6. The van der Waals surface area contributed by atoms with Gasteiger partial charge in [-0.15, -0.1) is 5.10 Å². The molecule has 1 aliphatic heterocycles. The van der Waals surface area contributed by atoms with Crippen molar-refractivity contribution in [3.05, 3.63) is 70.0 Å². The first kappa shape index (κ1) is 20.3. The fourth-order valence-corrected chi connectivity index (χ4v) is 3.88. The zero-order valence-electron chi connectivity index (χ0n) is 15.9. The van der Waals surface area contributed by atoms with Gasteiger partial charge in [0.1, 0.15) is 6.33 Å². The fraction of sp³-hybridized carbons (Fsp3) is 0.250. The molecule has 1 aliphatic rings. The number of rotatable bonds is 4. The highest BCUT2D eigenvalue weighted by atomic mass is 35.5. The molecule has 8 nitrogen and oxygen atoms in total. The van der Waals surface area contributed by atoms with Crippen LogP contribution < -0.4 is 0 Å². The van der Waals surface area contributed by atoms with Gasteiger partial charge in [-0.25, -0.2) is 4.68 Å². The standard InChI is InChI=1S/C20H18Cl2N6O2/c21-16-10-15(11-17(22)12-16)20(30)27-7-5-26(6-8-27)19(29)9-14-1-3-18(4-2-14)28-13-23-24-25-28/h1-4,10-13H,5-9H2. The van der Waals surface area contributed by atoms with Crippen molar-refractivity contribution in [2.24, 2.45) is 0 Å². The number of hydrogen-bond donors (Lipinski definition) is 0. The lowest BCUT2D eigenvalue weighted by atomic mass is 10.1. The second-order valence-electron chi connectivity index (χ2n) is 6.93. The van der Waals surface area contributed by atoms with Crippen molar-refractivity contribution in [1.29, 1.82) is 0 Å². The van der Waals surface area contributed by atoms with E-state index >= 15 is 0 Å². The summed E-state index contributed by atoms with van der Waals surface area (Å²) in [5.74, 6) is -0.104. The highest BCUT2D eigenvalue weighted by molar-refractivity contribution is 6.35. The minimum atomic E-state index is -0.135. The monoisotopic (exact) mass is 444 g/mol. The van der Waals surface area contributed by atoms with Gasteiger partial charge in [0, 0.05) is 41.8 Å². The minimum Gasteiger partial charge on any atom is -0.339 e. The van der Waals surface area contributed by atoms with E-state index in [4.69, 9.17) is 23.2 Å². The summed E-state index contributed by atoms with van der Waals surface area (Å²) < 4.78 is 1.55. The van der Waals surface area contributed by atoms with Crippen LogP contribution in [0.2, 0.25) is 10.0 Å². The first-order valence-electron chi connectivity index (χ1n) is 9.35. The van der Waals surface area contributed by atoms with Crippen LogP contribution in [-0.2, 0) is 11.2 Å². The number of hydrogen-bond acceptors (Lipinski definition) is 5. The molecule has 0 spiro atoms. The van der Waals surface area contributed by atoms with Crippen molar-refractivity contribution in [2.75, 3.05) is 26.2 Å². The number of halogens is 2. The van der Waals surface area contributed by atoms with Crippen molar-refractivity contribution in [3.8, 4) is 5.69 Å². The molecule has 0 radical (unpaired) electrons. The molecule has 4 rings (SSSR count). The maximum absolute atomic E-state index is 12.7. The Kier molecular flexibility index (Phi) is 5.96. The lowest BCUT2D eigenvalue weighted by molar-refractivity contribution is -0.131. The quantitative estimate of drug-likeness (QED) is 0.616. The Hall–Kier alpha value is -2.97. The second-order valence-corrected chi connectivity index (χ2v) is 7.80. The van der Waals surface area contributed by atoms with Crippen molar-refractivity contribution in [3.63, 3.8) is 0 Å². The molecule has 1 fully saturated rings. The van der Waals surface area contributed by atoms with Gasteiger partial charge in [0.15, 0.2) is 0 Å². The summed E-state index contributed by atoms with van der Waals surface area (Å²) in [5.41, 5.74) is 2.18. The molecule has 0 bridgehead atoms. The Labute approximate surface area is 183 Å². The predicted molar refractivity (Wildman–Crippen MR) is 112 cm³/mol. The van der Waals surface area contributed by atoms with Gasteiger partial charge < -0.3 is 9.80 Å². The molecule has 0 saturated carbocycles. The van der Waals surface area contributed by atoms with Crippen molar-refractivity contribution >= 4 is 35.0 Å². The summed E-state index contributed by atoms with van der Waals surface area (Å²) in [6, 6.07) is 12.3. The van der Waals surface area contributed by atoms with E-state index in [-0.39, 0.29) is 11.8 Å². The summed E-state index contributed by atoms with van der Waals surface area (Å²) >= 11 is 12.0. The van der Waals surface area contributed by atoms with E-state index in [1.165, 1.54) is 6.33 Å². The molecule has 0 unspecified atom stereocenters. The number of piperazine rings is 1. The number of tetrazole rings is 1. The molecule has 2 amide bonds. The van der Waals surface area contributed by atoms with E-state index in [2.05, 4.69) is 15.5 Å². The third-order valence-electron chi connectivity index (χ3n) is 4.93. The van der Waals surface area contributed by atoms with Crippen LogP contribution in [0.4, 0.5) is 0 Å². The average molecular weight is 445 g/mol. The van der Waals surface area contributed by atoms with Gasteiger partial charge in [-0.2, -0.15) is 0 Å². The molecule has 154 valence electrons. The molecule has 1 aromatic heterocycles. The fourth-order valence-electron chi connectivity index (χ4n) is 3.35. The van der Waals surface area contributed by atoms with Crippen LogP contribution in [-0.4, -0.2) is 68.0 Å². The summed E-state index contributed by atoms with van der Waals surface area (Å²) in [5, 5.41) is 11.9. The largest absolute Gasteiger partial charge is 0.339 e. The number of aromatic nitrogens is 4. The summed E-state index contributed by atoms with van der Waals surface area (Å²) in [7, 11) is 0. The Morgan fingerprint density at radius 1 is 0.900 bits per heavy atom. The van der Waals surface area contributed by atoms with Crippen LogP contribution >= 0.6 is 23.2 Å². The molecule has 2 aromatic carbocycles. The van der Waals surface area contributed by atoms with Gasteiger partial charge in [0.25, 0.3) is 5.91 Å². The molecule has 1 saturated heterocycles. The molecule has 10 heteroatoms. The minimum absolute atomic E-state index is 0.0306. The van der Waals surface area contributed by atoms with Gasteiger partial charge in [0.2, 0.25) is 5.91 Å². The Morgan fingerprint density at radius 2 is 1.53 bits per heavy atom. The van der Waals surface area contributed by atoms with Crippen LogP contribution in [0.1, 0.15) is 15.9 Å². The van der Waals surface area contributed by atoms with Crippen LogP contribution in [0.3, 0.4) is 0 Å². The van der Waals surface area contributed by atoms with Crippen molar-refractivity contribution < 1.29 is 9.59 Å². The topological polar surface area (TPSA) is 84.2 Å². The third-order valence-corrected chi connectivity index (χ3v) is 5.37. The van der Waals surface area contributed by atoms with E-state index in [9.17, 15) is 9.59 Å². The SMILES string of the molecule is O=C(Cc1ccc(-n2cnnn2)cc1)N1CCN(C(=O)c2cc(Cl)cc(Cl)c2)CC1. The maximum Gasteiger partial charge on any atom is 0.254 e. The number of carbonyl (C=O) groups excluding carboxylic acids is 2. The van der Waals surface area contributed by atoms with Crippen molar-refractivity contribution in [1.82, 2.24) is 30.0 Å². The Balaban J connectivity index is 1.32. The maximum atomic E-state index is 12.7. The third kappa shape index (κ3) is 4.60. The normalized spacial score (nSPS) is 14.1. The molecular formula is C20H18Cl2N6O2. The van der Waals surface area contributed by atoms with E-state index < -0.39 is 0 Å². The molecule has 3 aromatic rings. The predicted octanol–water partition coefficient (Wildman–Crippen LogP) is 2.50. The average Bonchev–Trinajstić information content (AvgIpc) is 3.28. The van der Waals surface area contributed by atoms with E-state index in [1.54, 1.807) is 32.7 Å². The van der Waals surface area contributed by atoms with E-state index in [1.807, 2.05) is 24.3 Å². The van der Waals surface area contributed by atoms with Crippen LogP contribution in [0.15, 0.2) is 48.8 Å². The zero-order valence-corrected chi connectivity index (χ0v) is 17.4. The highest BCUT2D eigenvalue weighted by Gasteiger charge is 2.25. The van der Waals surface area contributed by atoms with Crippen LogP contribution in [0, 0.1) is 0 Å². The van der Waals surface area contributed by atoms with Gasteiger partial charge in [-0.05, 0) is 46.3 Å². The van der Waals surface area contributed by atoms with Gasteiger partial charge in [0.05, 0.1) is 12.1 Å². The smallest absolute Gasteiger partial charge is 0.254 e. The molecule has 0 atom stereocenters. The molecule has 2 heterocycles. The summed E-state index contributed by atoms with van der Waals surface area (Å²) in [4.78, 5) is 28.9. The lowest BCUT2D eigenvalue weighted by Gasteiger charge is -2.35.